The molecule has 26 heavy (non-hydrogen) atoms. The molecular formula is C17H17N5O2S2. The van der Waals surface area contributed by atoms with Gasteiger partial charge in [-0.1, -0.05) is 53.0 Å². The molecule has 2 amide bonds. The van der Waals surface area contributed by atoms with Crippen LogP contribution in [0.5, 0.6) is 0 Å². The Bertz CT molecular complexity index is 936. The molecule has 0 atom stereocenters. The average Bonchev–Trinajstić information content (AvgIpc) is 3.19. The second kappa shape index (κ2) is 7.71. The van der Waals surface area contributed by atoms with Gasteiger partial charge in [0, 0.05) is 6.92 Å². The highest BCUT2D eigenvalue weighted by atomic mass is 32.1. The molecule has 0 fully saturated rings. The van der Waals surface area contributed by atoms with E-state index in [4.69, 9.17) is 0 Å². The Kier molecular flexibility index (Phi) is 5.38. The number of carbonyl (C=O) groups excluding carboxylic acids is 2. The van der Waals surface area contributed by atoms with E-state index >= 15 is 0 Å². The first kappa shape index (κ1) is 18.2. The van der Waals surface area contributed by atoms with Gasteiger partial charge in [-0.3, -0.25) is 19.8 Å². The first-order valence-corrected chi connectivity index (χ1v) is 9.48. The van der Waals surface area contributed by atoms with Crippen molar-refractivity contribution in [3.05, 3.63) is 51.5 Å². The summed E-state index contributed by atoms with van der Waals surface area (Å²) in [5.74, 6) is -0.431. The Balaban J connectivity index is 1.82. The maximum atomic E-state index is 12.5. The van der Waals surface area contributed by atoms with Crippen molar-refractivity contribution in [2.75, 3.05) is 10.2 Å². The fourth-order valence-corrected chi connectivity index (χ4v) is 3.88. The number of carbonyl (C=O) groups is 2. The molecule has 0 bridgehead atoms. The van der Waals surface area contributed by atoms with Gasteiger partial charge < -0.3 is 0 Å². The van der Waals surface area contributed by atoms with E-state index in [1.807, 2.05) is 37.3 Å². The third-order valence-corrected chi connectivity index (χ3v) is 5.47. The van der Waals surface area contributed by atoms with Crippen molar-refractivity contribution >= 4 is 44.8 Å². The molecule has 0 aliphatic rings. The van der Waals surface area contributed by atoms with Crippen LogP contribution in [-0.2, 0) is 11.3 Å². The fraction of sp³-hybridized carbons (Fsp3) is 0.235. The van der Waals surface area contributed by atoms with Crippen molar-refractivity contribution in [2.45, 2.75) is 27.3 Å². The van der Waals surface area contributed by atoms with Crippen LogP contribution in [0.1, 0.15) is 32.9 Å². The van der Waals surface area contributed by atoms with Gasteiger partial charge in [0.25, 0.3) is 5.91 Å². The van der Waals surface area contributed by atoms with Crippen molar-refractivity contribution in [3.8, 4) is 0 Å². The standard InChI is InChI=1S/C17H17N5O2S2/c1-10-14(15(24)19-16-21-20-11(2)25-16)26-17(18-10)22(12(3)23)9-13-7-5-4-6-8-13/h4-8H,9H2,1-3H3,(H,19,21,24). The Hall–Kier alpha value is -2.65. The highest BCUT2D eigenvalue weighted by Crippen LogP contribution is 2.28. The van der Waals surface area contributed by atoms with Crippen LogP contribution in [-0.4, -0.2) is 27.0 Å². The SMILES string of the molecule is CC(=O)N(Cc1ccccc1)c1nc(C)c(C(=O)Nc2nnc(C)s2)s1. The predicted molar refractivity (Wildman–Crippen MR) is 103 cm³/mol. The van der Waals surface area contributed by atoms with Crippen molar-refractivity contribution in [1.82, 2.24) is 15.2 Å². The molecule has 3 rings (SSSR count). The summed E-state index contributed by atoms with van der Waals surface area (Å²) in [5, 5.41) is 12.2. The molecule has 0 saturated carbocycles. The van der Waals surface area contributed by atoms with E-state index in [1.54, 1.807) is 11.8 Å². The zero-order valence-electron chi connectivity index (χ0n) is 14.5. The molecular weight excluding hydrogens is 370 g/mol. The molecule has 0 aliphatic carbocycles. The van der Waals surface area contributed by atoms with Gasteiger partial charge in [0.2, 0.25) is 11.0 Å². The summed E-state index contributed by atoms with van der Waals surface area (Å²) < 4.78 is 0. The lowest BCUT2D eigenvalue weighted by Crippen LogP contribution is -2.27. The smallest absolute Gasteiger partial charge is 0.269 e. The Labute approximate surface area is 158 Å². The Morgan fingerprint density at radius 1 is 1.12 bits per heavy atom. The summed E-state index contributed by atoms with van der Waals surface area (Å²) in [6.07, 6.45) is 0. The maximum Gasteiger partial charge on any atom is 0.269 e. The normalized spacial score (nSPS) is 10.6. The van der Waals surface area contributed by atoms with Crippen LogP contribution in [0.15, 0.2) is 30.3 Å². The zero-order valence-corrected chi connectivity index (χ0v) is 16.1. The van der Waals surface area contributed by atoms with Gasteiger partial charge in [-0.15, -0.1) is 10.2 Å². The van der Waals surface area contributed by atoms with Gasteiger partial charge in [-0.05, 0) is 19.4 Å². The van der Waals surface area contributed by atoms with Crippen LogP contribution in [0.25, 0.3) is 0 Å². The van der Waals surface area contributed by atoms with E-state index in [0.717, 1.165) is 10.6 Å². The van der Waals surface area contributed by atoms with Gasteiger partial charge >= 0.3 is 0 Å². The molecule has 0 unspecified atom stereocenters. The zero-order chi connectivity index (χ0) is 18.7. The number of amides is 2. The summed E-state index contributed by atoms with van der Waals surface area (Å²) in [6, 6.07) is 9.66. The second-order valence-electron chi connectivity index (χ2n) is 5.58. The molecule has 9 heteroatoms. The molecule has 3 aromatic rings. The topological polar surface area (TPSA) is 88.1 Å². The number of nitrogens with one attached hydrogen (secondary N) is 1. The Morgan fingerprint density at radius 2 is 1.85 bits per heavy atom. The fourth-order valence-electron chi connectivity index (χ4n) is 2.29. The van der Waals surface area contributed by atoms with Crippen molar-refractivity contribution in [3.63, 3.8) is 0 Å². The molecule has 2 aromatic heterocycles. The van der Waals surface area contributed by atoms with Crippen LogP contribution in [0, 0.1) is 13.8 Å². The quantitative estimate of drug-likeness (QED) is 0.725. The number of thiazole rings is 1. The van der Waals surface area contributed by atoms with Gasteiger partial charge in [0.05, 0.1) is 12.2 Å². The van der Waals surface area contributed by atoms with Gasteiger partial charge in [-0.25, -0.2) is 4.98 Å². The minimum Gasteiger partial charge on any atom is -0.296 e. The van der Waals surface area contributed by atoms with Crippen LogP contribution in [0.4, 0.5) is 10.3 Å². The largest absolute Gasteiger partial charge is 0.296 e. The van der Waals surface area contributed by atoms with E-state index in [9.17, 15) is 9.59 Å². The van der Waals surface area contributed by atoms with E-state index < -0.39 is 0 Å². The molecule has 0 radical (unpaired) electrons. The van der Waals surface area contributed by atoms with E-state index in [0.29, 0.717) is 27.4 Å². The number of rotatable bonds is 5. The molecule has 1 N–H and O–H groups in total. The lowest BCUT2D eigenvalue weighted by atomic mass is 10.2. The van der Waals surface area contributed by atoms with Crippen LogP contribution in [0.2, 0.25) is 0 Å². The number of benzene rings is 1. The monoisotopic (exact) mass is 387 g/mol. The minimum atomic E-state index is -0.300. The molecule has 134 valence electrons. The summed E-state index contributed by atoms with van der Waals surface area (Å²) in [4.78, 5) is 31.1. The number of aryl methyl sites for hydroxylation is 2. The number of hydrogen-bond acceptors (Lipinski definition) is 7. The molecule has 2 heterocycles. The number of hydrogen-bond donors (Lipinski definition) is 1. The van der Waals surface area contributed by atoms with Crippen molar-refractivity contribution in [2.24, 2.45) is 0 Å². The Morgan fingerprint density at radius 3 is 2.46 bits per heavy atom. The van der Waals surface area contributed by atoms with Gasteiger partial charge in [-0.2, -0.15) is 0 Å². The average molecular weight is 387 g/mol. The predicted octanol–water partition coefficient (Wildman–Crippen LogP) is 3.42. The molecule has 0 spiro atoms. The summed E-state index contributed by atoms with van der Waals surface area (Å²) >= 11 is 2.49. The highest BCUT2D eigenvalue weighted by molar-refractivity contribution is 7.18. The van der Waals surface area contributed by atoms with Crippen LogP contribution >= 0.6 is 22.7 Å². The maximum absolute atomic E-state index is 12.5. The van der Waals surface area contributed by atoms with E-state index in [2.05, 4.69) is 20.5 Å². The minimum absolute atomic E-state index is 0.130. The van der Waals surface area contributed by atoms with Crippen LogP contribution in [0.3, 0.4) is 0 Å². The van der Waals surface area contributed by atoms with E-state index in [1.165, 1.54) is 29.6 Å². The van der Waals surface area contributed by atoms with Gasteiger partial charge in [0.1, 0.15) is 9.88 Å². The lowest BCUT2D eigenvalue weighted by Gasteiger charge is -2.17. The summed E-state index contributed by atoms with van der Waals surface area (Å²) in [5.41, 5.74) is 1.56. The van der Waals surface area contributed by atoms with Crippen molar-refractivity contribution in [1.29, 1.82) is 0 Å². The van der Waals surface area contributed by atoms with Crippen molar-refractivity contribution < 1.29 is 9.59 Å². The third kappa shape index (κ3) is 4.12. The summed E-state index contributed by atoms with van der Waals surface area (Å²) in [7, 11) is 0. The number of aromatic nitrogens is 3. The molecule has 0 aliphatic heterocycles. The van der Waals surface area contributed by atoms with Gasteiger partial charge in [0.15, 0.2) is 5.13 Å². The second-order valence-corrected chi connectivity index (χ2v) is 7.74. The van der Waals surface area contributed by atoms with E-state index in [-0.39, 0.29) is 11.8 Å². The number of nitrogens with zero attached hydrogens (tertiary/aromatic N) is 4. The number of anilines is 2. The molecule has 1 aromatic carbocycles. The summed E-state index contributed by atoms with van der Waals surface area (Å²) in [6.45, 7) is 5.46. The first-order chi connectivity index (χ1) is 12.4. The lowest BCUT2D eigenvalue weighted by molar-refractivity contribution is -0.116. The first-order valence-electron chi connectivity index (χ1n) is 7.85. The van der Waals surface area contributed by atoms with Crippen LogP contribution < -0.4 is 10.2 Å². The third-order valence-electron chi connectivity index (χ3n) is 3.53. The molecule has 7 nitrogen and oxygen atoms in total. The molecule has 0 saturated heterocycles. The highest BCUT2D eigenvalue weighted by Gasteiger charge is 2.22.